The Kier molecular flexibility index (Phi) is 12.4. The van der Waals surface area contributed by atoms with E-state index < -0.39 is 0 Å². The summed E-state index contributed by atoms with van der Waals surface area (Å²) in [6, 6.07) is 0. The molecule has 0 aromatic rings. The third-order valence-corrected chi connectivity index (χ3v) is 3.47. The Bertz CT molecular complexity index is 168. The van der Waals surface area contributed by atoms with Gasteiger partial charge in [-0.15, -0.1) is 0 Å². The molecule has 18 heavy (non-hydrogen) atoms. The first-order chi connectivity index (χ1) is 8.78. The molecular weight excluding hydrogens is 226 g/mol. The van der Waals surface area contributed by atoms with Crippen LogP contribution in [0.5, 0.6) is 0 Å². The molecule has 0 unspecified atom stereocenters. The molecule has 0 radical (unpaired) electrons. The minimum absolute atomic E-state index is 0.738. The summed E-state index contributed by atoms with van der Waals surface area (Å²) < 4.78 is 0. The highest BCUT2D eigenvalue weighted by molar-refractivity contribution is 5.45. The second-order valence-electron chi connectivity index (χ2n) is 4.67. The second-order valence-corrected chi connectivity index (χ2v) is 4.67. The second kappa shape index (κ2) is 12.8. The zero-order valence-corrected chi connectivity index (χ0v) is 12.5. The van der Waals surface area contributed by atoms with Gasteiger partial charge in [-0.3, -0.25) is 9.80 Å². The first-order valence-corrected chi connectivity index (χ1v) is 7.40. The van der Waals surface area contributed by atoms with Gasteiger partial charge in [0.05, 0.1) is 0 Å². The topological polar surface area (TPSA) is 35.6 Å². The zero-order chi connectivity index (χ0) is 13.6. The Hall–Kier alpha value is -0.610. The maximum atomic E-state index is 10.4. The lowest BCUT2D eigenvalue weighted by Gasteiger charge is -2.22. The zero-order valence-electron chi connectivity index (χ0n) is 12.5. The number of hydrogen-bond acceptors (Lipinski definition) is 3. The van der Waals surface area contributed by atoms with E-state index in [0.29, 0.717) is 0 Å². The minimum atomic E-state index is 0.738. The summed E-state index contributed by atoms with van der Waals surface area (Å²) in [6.07, 6.45) is 9.81. The molecule has 0 aromatic heterocycles. The maximum Gasteiger partial charge on any atom is 0.223 e. The molecule has 0 spiro atoms. The van der Waals surface area contributed by atoms with Gasteiger partial charge in [-0.2, -0.15) is 0 Å². The van der Waals surface area contributed by atoms with E-state index >= 15 is 0 Å². The van der Waals surface area contributed by atoms with Crippen LogP contribution in [-0.2, 0) is 4.79 Å². The lowest BCUT2D eigenvalue weighted by atomic mass is 10.0. The molecule has 0 heterocycles. The highest BCUT2D eigenvalue weighted by Crippen LogP contribution is 2.15. The van der Waals surface area contributed by atoms with E-state index in [4.69, 9.17) is 0 Å². The summed E-state index contributed by atoms with van der Waals surface area (Å²) in [4.78, 5) is 12.6. The summed E-state index contributed by atoms with van der Waals surface area (Å²) in [7, 11) is 1.75. The molecule has 0 aliphatic heterocycles. The van der Waals surface area contributed by atoms with Gasteiger partial charge in [0.25, 0.3) is 0 Å². The van der Waals surface area contributed by atoms with Crippen LogP contribution in [0, 0.1) is 0 Å². The maximum absolute atomic E-state index is 10.4. The van der Waals surface area contributed by atoms with E-state index in [1.165, 1.54) is 38.5 Å². The molecule has 4 heteroatoms. The molecule has 1 aliphatic carbocycles. The summed E-state index contributed by atoms with van der Waals surface area (Å²) in [5.41, 5.74) is 2.79. The van der Waals surface area contributed by atoms with Crippen LogP contribution in [0.25, 0.3) is 0 Å². The standard InChI is InChI=1S/C8H19N3O.C6H12/c1-4-10(5-2)6-7-11(8-12)9-3;1-2-4-6-5-3-1/h8-9H,4-7H2,1-3H3;1-6H2. The van der Waals surface area contributed by atoms with Gasteiger partial charge in [-0.1, -0.05) is 52.4 Å². The predicted octanol–water partition coefficient (Wildman–Crippen LogP) is 2.26. The van der Waals surface area contributed by atoms with Crippen molar-refractivity contribution in [2.24, 2.45) is 0 Å². The third-order valence-electron chi connectivity index (χ3n) is 3.47. The fraction of sp³-hybridized carbons (Fsp3) is 0.929. The van der Waals surface area contributed by atoms with Crippen molar-refractivity contribution >= 4 is 6.41 Å². The van der Waals surface area contributed by atoms with Crippen molar-refractivity contribution in [3.63, 3.8) is 0 Å². The molecule has 0 bridgehead atoms. The molecule has 1 fully saturated rings. The van der Waals surface area contributed by atoms with E-state index in [1.54, 1.807) is 12.1 Å². The van der Waals surface area contributed by atoms with Crippen LogP contribution < -0.4 is 5.43 Å². The molecule has 1 aliphatic rings. The van der Waals surface area contributed by atoms with Crippen LogP contribution in [0.15, 0.2) is 0 Å². The monoisotopic (exact) mass is 257 g/mol. The molecule has 1 amide bonds. The summed E-state index contributed by atoms with van der Waals surface area (Å²) in [6.45, 7) is 7.97. The van der Waals surface area contributed by atoms with Crippen LogP contribution in [0.4, 0.5) is 0 Å². The average Bonchev–Trinajstić information content (AvgIpc) is 2.46. The van der Waals surface area contributed by atoms with Gasteiger partial charge in [0.1, 0.15) is 0 Å². The smallest absolute Gasteiger partial charge is 0.223 e. The largest absolute Gasteiger partial charge is 0.302 e. The average molecular weight is 257 g/mol. The lowest BCUT2D eigenvalue weighted by Crippen LogP contribution is -2.40. The van der Waals surface area contributed by atoms with Crippen molar-refractivity contribution in [1.82, 2.24) is 15.3 Å². The Morgan fingerprint density at radius 2 is 1.39 bits per heavy atom. The van der Waals surface area contributed by atoms with Crippen molar-refractivity contribution in [1.29, 1.82) is 0 Å². The third kappa shape index (κ3) is 9.42. The highest BCUT2D eigenvalue weighted by atomic mass is 16.1. The van der Waals surface area contributed by atoms with Crippen LogP contribution in [-0.4, -0.2) is 49.5 Å². The van der Waals surface area contributed by atoms with Gasteiger partial charge in [-0.25, -0.2) is 5.43 Å². The lowest BCUT2D eigenvalue weighted by molar-refractivity contribution is -0.120. The number of hydrogen-bond donors (Lipinski definition) is 1. The summed E-state index contributed by atoms with van der Waals surface area (Å²) >= 11 is 0. The van der Waals surface area contributed by atoms with E-state index in [0.717, 1.165) is 32.6 Å². The SMILES string of the molecule is C1CCCCC1.CCN(CC)CCN(C=O)NC. The van der Waals surface area contributed by atoms with Gasteiger partial charge in [-0.05, 0) is 13.1 Å². The van der Waals surface area contributed by atoms with Crippen molar-refractivity contribution < 1.29 is 4.79 Å². The van der Waals surface area contributed by atoms with Crippen LogP contribution in [0.2, 0.25) is 0 Å². The molecule has 0 atom stereocenters. The number of hydrazine groups is 1. The molecular formula is C14H31N3O. The van der Waals surface area contributed by atoms with Crippen LogP contribution >= 0.6 is 0 Å². The number of nitrogens with one attached hydrogen (secondary N) is 1. The fourth-order valence-electron chi connectivity index (χ4n) is 2.07. The first kappa shape index (κ1) is 17.4. The van der Waals surface area contributed by atoms with Crippen molar-refractivity contribution in [2.45, 2.75) is 52.4 Å². The van der Waals surface area contributed by atoms with E-state index in [-0.39, 0.29) is 0 Å². The number of likely N-dealkylation sites (N-methyl/N-ethyl adjacent to an activating group) is 1. The van der Waals surface area contributed by atoms with E-state index in [1.807, 2.05) is 0 Å². The number of carbonyl (C=O) groups is 1. The quantitative estimate of drug-likeness (QED) is 0.561. The van der Waals surface area contributed by atoms with Gasteiger partial charge >= 0.3 is 0 Å². The first-order valence-electron chi connectivity index (χ1n) is 7.40. The molecule has 1 N–H and O–H groups in total. The Labute approximate surface area is 113 Å². The molecule has 0 saturated heterocycles. The summed E-state index contributed by atoms with van der Waals surface area (Å²) in [5.74, 6) is 0. The number of rotatable bonds is 7. The van der Waals surface area contributed by atoms with E-state index in [9.17, 15) is 4.79 Å². The Balaban J connectivity index is 0.000000397. The highest BCUT2D eigenvalue weighted by Gasteiger charge is 2.01. The number of amides is 1. The van der Waals surface area contributed by atoms with Crippen LogP contribution in [0.3, 0.4) is 0 Å². The number of carbonyl (C=O) groups excluding carboxylic acids is 1. The molecule has 108 valence electrons. The predicted molar refractivity (Wildman–Crippen MR) is 77.3 cm³/mol. The van der Waals surface area contributed by atoms with E-state index in [2.05, 4.69) is 24.2 Å². The molecule has 0 aromatic carbocycles. The fourth-order valence-corrected chi connectivity index (χ4v) is 2.07. The number of nitrogens with zero attached hydrogens (tertiary/aromatic N) is 2. The molecule has 4 nitrogen and oxygen atoms in total. The van der Waals surface area contributed by atoms with Gasteiger partial charge in [0, 0.05) is 20.1 Å². The van der Waals surface area contributed by atoms with Gasteiger partial charge < -0.3 is 4.90 Å². The van der Waals surface area contributed by atoms with Gasteiger partial charge in [0.15, 0.2) is 0 Å². The van der Waals surface area contributed by atoms with Crippen LogP contribution in [0.1, 0.15) is 52.4 Å². The summed E-state index contributed by atoms with van der Waals surface area (Å²) in [5, 5.41) is 1.54. The van der Waals surface area contributed by atoms with Crippen molar-refractivity contribution in [3.05, 3.63) is 0 Å². The van der Waals surface area contributed by atoms with Crippen molar-refractivity contribution in [2.75, 3.05) is 33.2 Å². The Morgan fingerprint density at radius 3 is 1.67 bits per heavy atom. The minimum Gasteiger partial charge on any atom is -0.302 e. The normalized spacial score (nSPS) is 14.9. The van der Waals surface area contributed by atoms with Crippen molar-refractivity contribution in [3.8, 4) is 0 Å². The Morgan fingerprint density at radius 1 is 0.944 bits per heavy atom. The van der Waals surface area contributed by atoms with Gasteiger partial charge in [0.2, 0.25) is 6.41 Å². The molecule has 1 rings (SSSR count). The molecule has 1 saturated carbocycles.